The summed E-state index contributed by atoms with van der Waals surface area (Å²) < 4.78 is 0. The topological polar surface area (TPSA) is 41.1 Å². The molecule has 1 aromatic rings. The fraction of sp³-hybridized carbons (Fsp3) is 0.611. The number of benzene rings is 1. The van der Waals surface area contributed by atoms with Crippen LogP contribution in [0.3, 0.4) is 0 Å². The zero-order valence-electron chi connectivity index (χ0n) is 14.1. The molecule has 0 saturated carbocycles. The Hall–Kier alpha value is -1.35. The average Bonchev–Trinajstić information content (AvgIpc) is 2.46. The summed E-state index contributed by atoms with van der Waals surface area (Å²) in [5, 5.41) is 6.35. The van der Waals surface area contributed by atoms with Crippen LogP contribution in [-0.2, 0) is 11.2 Å². The van der Waals surface area contributed by atoms with Gasteiger partial charge in [0.15, 0.2) is 0 Å². The highest BCUT2D eigenvalue weighted by Gasteiger charge is 2.15. The first-order valence-electron chi connectivity index (χ1n) is 8.06. The molecule has 0 spiro atoms. The summed E-state index contributed by atoms with van der Waals surface area (Å²) in [5.74, 6) is 0.692. The van der Waals surface area contributed by atoms with Gasteiger partial charge in [-0.3, -0.25) is 10.1 Å². The highest BCUT2D eigenvalue weighted by Crippen LogP contribution is 2.14. The van der Waals surface area contributed by atoms with Gasteiger partial charge < -0.3 is 5.32 Å². The first kappa shape index (κ1) is 17.7. The molecule has 0 aliphatic rings. The molecule has 2 N–H and O–H groups in total. The van der Waals surface area contributed by atoms with Crippen LogP contribution in [-0.4, -0.2) is 18.5 Å². The van der Waals surface area contributed by atoms with Gasteiger partial charge in [0.1, 0.15) is 0 Å². The van der Waals surface area contributed by atoms with Crippen LogP contribution >= 0.6 is 0 Å². The largest absolute Gasteiger partial charge is 0.355 e. The first-order chi connectivity index (χ1) is 9.93. The van der Waals surface area contributed by atoms with Gasteiger partial charge in [-0.05, 0) is 43.7 Å². The molecule has 2 unspecified atom stereocenters. The Labute approximate surface area is 129 Å². The van der Waals surface area contributed by atoms with E-state index in [-0.39, 0.29) is 18.0 Å². The zero-order chi connectivity index (χ0) is 15.8. The standard InChI is InChI=1S/C18H30N2O/c1-6-16-7-9-17(10-8-16)14(4)20-15(5)18(21)19-12-11-13(2)3/h7-10,13-15,20H,6,11-12H2,1-5H3,(H,19,21). The van der Waals surface area contributed by atoms with E-state index in [9.17, 15) is 4.79 Å². The third-order valence-corrected chi connectivity index (χ3v) is 3.80. The molecular formula is C18H30N2O. The van der Waals surface area contributed by atoms with Crippen molar-refractivity contribution in [3.63, 3.8) is 0 Å². The van der Waals surface area contributed by atoms with E-state index in [1.165, 1.54) is 11.1 Å². The SMILES string of the molecule is CCc1ccc(C(C)NC(C)C(=O)NCCC(C)C)cc1. The van der Waals surface area contributed by atoms with Gasteiger partial charge in [0.05, 0.1) is 6.04 Å². The molecule has 0 aromatic heterocycles. The van der Waals surface area contributed by atoms with Gasteiger partial charge in [0.2, 0.25) is 5.91 Å². The minimum absolute atomic E-state index is 0.0766. The van der Waals surface area contributed by atoms with Crippen LogP contribution in [0, 0.1) is 5.92 Å². The van der Waals surface area contributed by atoms with E-state index < -0.39 is 0 Å². The van der Waals surface area contributed by atoms with Crippen molar-refractivity contribution < 1.29 is 4.79 Å². The molecular weight excluding hydrogens is 260 g/mol. The summed E-state index contributed by atoms with van der Waals surface area (Å²) in [6, 6.07) is 8.57. The Morgan fingerprint density at radius 2 is 1.71 bits per heavy atom. The van der Waals surface area contributed by atoms with Crippen LogP contribution < -0.4 is 10.6 Å². The number of hydrogen-bond donors (Lipinski definition) is 2. The third-order valence-electron chi connectivity index (χ3n) is 3.80. The molecule has 1 rings (SSSR count). The predicted octanol–water partition coefficient (Wildman–Crippen LogP) is 3.45. The smallest absolute Gasteiger partial charge is 0.236 e. The van der Waals surface area contributed by atoms with Crippen LogP contribution in [0.5, 0.6) is 0 Å². The Bertz CT molecular complexity index is 425. The summed E-state index contributed by atoms with van der Waals surface area (Å²) in [7, 11) is 0. The first-order valence-corrected chi connectivity index (χ1v) is 8.06. The average molecular weight is 290 g/mol. The van der Waals surface area contributed by atoms with Crippen molar-refractivity contribution in [2.24, 2.45) is 5.92 Å². The van der Waals surface area contributed by atoms with E-state index in [2.05, 4.69) is 62.6 Å². The fourth-order valence-corrected chi connectivity index (χ4v) is 2.23. The van der Waals surface area contributed by atoms with Crippen molar-refractivity contribution in [3.8, 4) is 0 Å². The monoisotopic (exact) mass is 290 g/mol. The van der Waals surface area contributed by atoms with Crippen molar-refractivity contribution >= 4 is 5.91 Å². The number of nitrogens with one attached hydrogen (secondary N) is 2. The fourth-order valence-electron chi connectivity index (χ4n) is 2.23. The van der Waals surface area contributed by atoms with Gasteiger partial charge in [-0.25, -0.2) is 0 Å². The number of rotatable bonds is 8. The molecule has 0 fully saturated rings. The van der Waals surface area contributed by atoms with Crippen LogP contribution in [0.25, 0.3) is 0 Å². The van der Waals surface area contributed by atoms with Gasteiger partial charge >= 0.3 is 0 Å². The Morgan fingerprint density at radius 1 is 1.10 bits per heavy atom. The van der Waals surface area contributed by atoms with Crippen LogP contribution in [0.15, 0.2) is 24.3 Å². The molecule has 2 atom stereocenters. The van der Waals surface area contributed by atoms with Crippen LogP contribution in [0.1, 0.15) is 58.2 Å². The lowest BCUT2D eigenvalue weighted by atomic mass is 10.0. The highest BCUT2D eigenvalue weighted by molar-refractivity contribution is 5.81. The Kier molecular flexibility index (Phi) is 7.44. The molecule has 0 aliphatic heterocycles. The molecule has 0 saturated heterocycles. The van der Waals surface area contributed by atoms with Gasteiger partial charge in [-0.2, -0.15) is 0 Å². The molecule has 118 valence electrons. The lowest BCUT2D eigenvalue weighted by Gasteiger charge is -2.20. The van der Waals surface area contributed by atoms with E-state index in [1.54, 1.807) is 0 Å². The maximum absolute atomic E-state index is 12.0. The lowest BCUT2D eigenvalue weighted by molar-refractivity contribution is -0.122. The maximum atomic E-state index is 12.0. The summed E-state index contributed by atoms with van der Waals surface area (Å²) in [5.41, 5.74) is 2.56. The molecule has 0 heterocycles. The molecule has 3 heteroatoms. The van der Waals surface area contributed by atoms with Crippen molar-refractivity contribution in [1.82, 2.24) is 10.6 Å². The molecule has 0 radical (unpaired) electrons. The van der Waals surface area contributed by atoms with Crippen molar-refractivity contribution in [3.05, 3.63) is 35.4 Å². The number of aryl methyl sites for hydroxylation is 1. The number of carbonyl (C=O) groups is 1. The second-order valence-electron chi connectivity index (χ2n) is 6.18. The number of carbonyl (C=O) groups excluding carboxylic acids is 1. The Balaban J connectivity index is 2.44. The van der Waals surface area contributed by atoms with Crippen molar-refractivity contribution in [2.75, 3.05) is 6.54 Å². The van der Waals surface area contributed by atoms with Gasteiger partial charge in [0, 0.05) is 12.6 Å². The molecule has 1 amide bonds. The second-order valence-corrected chi connectivity index (χ2v) is 6.18. The molecule has 0 aliphatic carbocycles. The maximum Gasteiger partial charge on any atom is 0.236 e. The van der Waals surface area contributed by atoms with Crippen molar-refractivity contribution in [1.29, 1.82) is 0 Å². The summed E-state index contributed by atoms with van der Waals surface area (Å²) in [4.78, 5) is 12.0. The number of hydrogen-bond acceptors (Lipinski definition) is 2. The van der Waals surface area contributed by atoms with Gasteiger partial charge in [-0.15, -0.1) is 0 Å². The normalized spacial score (nSPS) is 14.0. The molecule has 0 bridgehead atoms. The highest BCUT2D eigenvalue weighted by atomic mass is 16.2. The van der Waals surface area contributed by atoms with E-state index >= 15 is 0 Å². The lowest BCUT2D eigenvalue weighted by Crippen LogP contribution is -2.43. The minimum Gasteiger partial charge on any atom is -0.355 e. The van der Waals surface area contributed by atoms with E-state index in [4.69, 9.17) is 0 Å². The third kappa shape index (κ3) is 6.30. The summed E-state index contributed by atoms with van der Waals surface area (Å²) in [6.45, 7) is 11.2. The number of amides is 1. The molecule has 3 nitrogen and oxygen atoms in total. The minimum atomic E-state index is -0.182. The Morgan fingerprint density at radius 3 is 2.24 bits per heavy atom. The predicted molar refractivity (Wildman–Crippen MR) is 89.3 cm³/mol. The quantitative estimate of drug-likeness (QED) is 0.770. The zero-order valence-corrected chi connectivity index (χ0v) is 14.1. The van der Waals surface area contributed by atoms with Gasteiger partial charge in [-0.1, -0.05) is 45.0 Å². The van der Waals surface area contributed by atoms with Crippen molar-refractivity contribution in [2.45, 2.75) is 59.5 Å². The molecule has 21 heavy (non-hydrogen) atoms. The van der Waals surface area contributed by atoms with Gasteiger partial charge in [0.25, 0.3) is 0 Å². The van der Waals surface area contributed by atoms with E-state index in [1.807, 2.05) is 6.92 Å². The van der Waals surface area contributed by atoms with E-state index in [0.29, 0.717) is 5.92 Å². The van der Waals surface area contributed by atoms with E-state index in [0.717, 1.165) is 19.4 Å². The van der Waals surface area contributed by atoms with Crippen LogP contribution in [0.2, 0.25) is 0 Å². The van der Waals surface area contributed by atoms with Crippen LogP contribution in [0.4, 0.5) is 0 Å². The second kappa shape index (κ2) is 8.83. The summed E-state index contributed by atoms with van der Waals surface area (Å²) >= 11 is 0. The summed E-state index contributed by atoms with van der Waals surface area (Å²) in [6.07, 6.45) is 2.07. The molecule has 1 aromatic carbocycles.